The number of carbonyl (C=O) groups excluding carboxylic acids is 2. The Balaban J connectivity index is 1.68. The molecule has 7 heteroatoms. The van der Waals surface area contributed by atoms with E-state index in [1.54, 1.807) is 37.5 Å². The maximum absolute atomic E-state index is 12.4. The molecule has 0 unspecified atom stereocenters. The Morgan fingerprint density at radius 3 is 2.39 bits per heavy atom. The average Bonchev–Trinajstić information content (AvgIpc) is 2.74. The molecule has 3 aromatic rings. The minimum Gasteiger partial charge on any atom is -0.495 e. The molecule has 3 aromatic carbocycles. The lowest BCUT2D eigenvalue weighted by Crippen LogP contribution is -2.13. The van der Waals surface area contributed by atoms with E-state index in [-0.39, 0.29) is 11.8 Å². The lowest BCUT2D eigenvalue weighted by Gasteiger charge is -2.11. The minimum atomic E-state index is -0.279. The van der Waals surface area contributed by atoms with Crippen LogP contribution in [-0.4, -0.2) is 18.9 Å². The smallest absolute Gasteiger partial charge is 0.255 e. The van der Waals surface area contributed by atoms with Crippen molar-refractivity contribution in [2.75, 3.05) is 17.7 Å². The van der Waals surface area contributed by atoms with E-state index in [2.05, 4.69) is 42.5 Å². The van der Waals surface area contributed by atoms with Crippen molar-refractivity contribution >= 4 is 61.1 Å². The highest BCUT2D eigenvalue weighted by Gasteiger charge is 2.09. The second-order valence-corrected chi connectivity index (χ2v) is 8.45. The number of anilines is 2. The molecule has 5 nitrogen and oxygen atoms in total. The standard InChI is InChI=1S/C24H20Br2N2O3/c1-15-12-19(9-10-21(15)28-24(30)16-6-4-3-5-7-16)27-22(29)11-8-17-13-18(25)14-20(26)23(17)31-2/h3-14H,1-2H3,(H,27,29)(H,28,30)/b11-8+. The molecule has 3 rings (SSSR count). The van der Waals surface area contributed by atoms with Gasteiger partial charge < -0.3 is 15.4 Å². The minimum absolute atomic E-state index is 0.183. The fraction of sp³-hybridized carbons (Fsp3) is 0.0833. The van der Waals surface area contributed by atoms with Crippen LogP contribution >= 0.6 is 31.9 Å². The zero-order chi connectivity index (χ0) is 22.4. The van der Waals surface area contributed by atoms with Crippen LogP contribution in [0.25, 0.3) is 6.08 Å². The molecule has 2 amide bonds. The zero-order valence-corrected chi connectivity index (χ0v) is 20.1. The van der Waals surface area contributed by atoms with Gasteiger partial charge in [-0.1, -0.05) is 34.1 Å². The molecule has 0 aliphatic rings. The number of benzene rings is 3. The summed E-state index contributed by atoms with van der Waals surface area (Å²) in [4.78, 5) is 24.7. The first kappa shape index (κ1) is 22.8. The highest BCUT2D eigenvalue weighted by atomic mass is 79.9. The molecule has 158 valence electrons. The summed E-state index contributed by atoms with van der Waals surface area (Å²) in [6.07, 6.45) is 3.13. The molecule has 0 heterocycles. The number of halogens is 2. The monoisotopic (exact) mass is 542 g/mol. The van der Waals surface area contributed by atoms with Gasteiger partial charge in [-0.25, -0.2) is 0 Å². The van der Waals surface area contributed by atoms with E-state index in [1.165, 1.54) is 6.08 Å². The van der Waals surface area contributed by atoms with Gasteiger partial charge in [-0.3, -0.25) is 9.59 Å². The molecule has 31 heavy (non-hydrogen) atoms. The van der Waals surface area contributed by atoms with Gasteiger partial charge in [0.2, 0.25) is 5.91 Å². The van der Waals surface area contributed by atoms with Gasteiger partial charge in [0, 0.05) is 33.1 Å². The normalized spacial score (nSPS) is 10.7. The number of rotatable bonds is 6. The maximum atomic E-state index is 12.4. The first-order valence-corrected chi connectivity index (χ1v) is 10.9. The number of amides is 2. The third kappa shape index (κ3) is 6.06. The second-order valence-electron chi connectivity index (χ2n) is 6.68. The van der Waals surface area contributed by atoms with Crippen LogP contribution in [0.2, 0.25) is 0 Å². The van der Waals surface area contributed by atoms with Crippen LogP contribution in [0.1, 0.15) is 21.5 Å². The molecule has 0 aliphatic heterocycles. The van der Waals surface area contributed by atoms with Gasteiger partial charge >= 0.3 is 0 Å². The number of ether oxygens (including phenoxy) is 1. The largest absolute Gasteiger partial charge is 0.495 e. The SMILES string of the molecule is COc1c(Br)cc(Br)cc1/C=C/C(=O)Nc1ccc(NC(=O)c2ccccc2)c(C)c1. The molecule has 0 atom stereocenters. The Bertz CT molecular complexity index is 1150. The van der Waals surface area contributed by atoms with Crippen LogP contribution in [0.4, 0.5) is 11.4 Å². The molecule has 0 spiro atoms. The molecule has 0 bridgehead atoms. The van der Waals surface area contributed by atoms with Gasteiger partial charge in [0.25, 0.3) is 5.91 Å². The van der Waals surface area contributed by atoms with Crippen LogP contribution in [0.15, 0.2) is 75.7 Å². The van der Waals surface area contributed by atoms with Crippen molar-refractivity contribution in [1.29, 1.82) is 0 Å². The number of hydrogen-bond acceptors (Lipinski definition) is 3. The first-order valence-electron chi connectivity index (χ1n) is 9.36. The van der Waals surface area contributed by atoms with Crippen LogP contribution in [0.3, 0.4) is 0 Å². The molecule has 0 aromatic heterocycles. The lowest BCUT2D eigenvalue weighted by atomic mass is 10.1. The fourth-order valence-corrected chi connectivity index (χ4v) is 4.35. The summed E-state index contributed by atoms with van der Waals surface area (Å²) in [5, 5.41) is 5.72. The van der Waals surface area contributed by atoms with Crippen molar-refractivity contribution in [2.24, 2.45) is 0 Å². The number of methoxy groups -OCH3 is 1. The van der Waals surface area contributed by atoms with Gasteiger partial charge in [0.15, 0.2) is 0 Å². The van der Waals surface area contributed by atoms with E-state index in [0.29, 0.717) is 22.7 Å². The molecule has 0 saturated carbocycles. The number of hydrogen-bond donors (Lipinski definition) is 2. The molecular formula is C24H20Br2N2O3. The van der Waals surface area contributed by atoms with Crippen molar-refractivity contribution in [3.63, 3.8) is 0 Å². The molecule has 0 saturated heterocycles. The summed E-state index contributed by atoms with van der Waals surface area (Å²) in [5.74, 6) is 0.178. The predicted octanol–water partition coefficient (Wildman–Crippen LogP) is 6.43. The molecule has 2 N–H and O–H groups in total. The second kappa shape index (κ2) is 10.4. The maximum Gasteiger partial charge on any atom is 0.255 e. The van der Waals surface area contributed by atoms with E-state index >= 15 is 0 Å². The van der Waals surface area contributed by atoms with Gasteiger partial charge in [-0.15, -0.1) is 0 Å². The third-order valence-electron chi connectivity index (χ3n) is 4.43. The third-order valence-corrected chi connectivity index (χ3v) is 5.48. The number of aryl methyl sites for hydroxylation is 1. The van der Waals surface area contributed by atoms with Crippen molar-refractivity contribution in [2.45, 2.75) is 6.92 Å². The Morgan fingerprint density at radius 1 is 0.968 bits per heavy atom. The number of carbonyl (C=O) groups is 2. The average molecular weight is 544 g/mol. The van der Waals surface area contributed by atoms with Gasteiger partial charge in [-0.05, 0) is 77.0 Å². The van der Waals surface area contributed by atoms with E-state index in [1.807, 2.05) is 43.3 Å². The topological polar surface area (TPSA) is 67.4 Å². The summed E-state index contributed by atoms with van der Waals surface area (Å²) in [6, 6.07) is 18.1. The Labute approximate surface area is 197 Å². The van der Waals surface area contributed by atoms with Crippen molar-refractivity contribution in [3.05, 3.63) is 92.4 Å². The van der Waals surface area contributed by atoms with Crippen molar-refractivity contribution in [1.82, 2.24) is 0 Å². The Kier molecular flexibility index (Phi) is 7.65. The van der Waals surface area contributed by atoms with E-state index in [0.717, 1.165) is 20.1 Å². The number of nitrogens with one attached hydrogen (secondary N) is 2. The lowest BCUT2D eigenvalue weighted by molar-refractivity contribution is -0.111. The zero-order valence-electron chi connectivity index (χ0n) is 16.9. The molecule has 0 fully saturated rings. The van der Waals surface area contributed by atoms with E-state index in [4.69, 9.17) is 4.74 Å². The Morgan fingerprint density at radius 2 is 1.71 bits per heavy atom. The summed E-state index contributed by atoms with van der Waals surface area (Å²) in [5.41, 5.74) is 3.50. The van der Waals surface area contributed by atoms with E-state index < -0.39 is 0 Å². The predicted molar refractivity (Wildman–Crippen MR) is 132 cm³/mol. The first-order chi connectivity index (χ1) is 14.9. The van der Waals surface area contributed by atoms with Gasteiger partial charge in [0.05, 0.1) is 11.6 Å². The van der Waals surface area contributed by atoms with Crippen LogP contribution < -0.4 is 15.4 Å². The summed E-state index contributed by atoms with van der Waals surface area (Å²) in [6.45, 7) is 1.87. The van der Waals surface area contributed by atoms with Crippen LogP contribution in [0.5, 0.6) is 5.75 Å². The highest BCUT2D eigenvalue weighted by molar-refractivity contribution is 9.11. The van der Waals surface area contributed by atoms with Crippen molar-refractivity contribution < 1.29 is 14.3 Å². The highest BCUT2D eigenvalue weighted by Crippen LogP contribution is 2.33. The van der Waals surface area contributed by atoms with Gasteiger partial charge in [0.1, 0.15) is 5.75 Å². The van der Waals surface area contributed by atoms with Gasteiger partial charge in [-0.2, -0.15) is 0 Å². The van der Waals surface area contributed by atoms with Crippen LogP contribution in [0, 0.1) is 6.92 Å². The van der Waals surface area contributed by atoms with Crippen LogP contribution in [-0.2, 0) is 4.79 Å². The summed E-state index contributed by atoms with van der Waals surface area (Å²) < 4.78 is 7.04. The Hall–Kier alpha value is -2.90. The quantitative estimate of drug-likeness (QED) is 0.352. The summed E-state index contributed by atoms with van der Waals surface area (Å²) in [7, 11) is 1.58. The van der Waals surface area contributed by atoms with Crippen molar-refractivity contribution in [3.8, 4) is 5.75 Å². The van der Waals surface area contributed by atoms with E-state index in [9.17, 15) is 9.59 Å². The molecule has 0 radical (unpaired) electrons. The summed E-state index contributed by atoms with van der Waals surface area (Å²) >= 11 is 6.88. The molecule has 0 aliphatic carbocycles. The molecular weight excluding hydrogens is 524 g/mol. The fourth-order valence-electron chi connectivity index (χ4n) is 2.93.